The van der Waals surface area contributed by atoms with Crippen LogP contribution in [0.2, 0.25) is 0 Å². The molecule has 0 saturated carbocycles. The van der Waals surface area contributed by atoms with Gasteiger partial charge < -0.3 is 10.6 Å². The second-order valence-electron chi connectivity index (χ2n) is 6.25. The molecule has 0 aliphatic carbocycles. The summed E-state index contributed by atoms with van der Waals surface area (Å²) in [7, 11) is 0. The van der Waals surface area contributed by atoms with Gasteiger partial charge in [-0.25, -0.2) is 0 Å². The van der Waals surface area contributed by atoms with Crippen LogP contribution in [0.1, 0.15) is 51.2 Å². The van der Waals surface area contributed by atoms with Crippen LogP contribution in [0.5, 0.6) is 0 Å². The second-order valence-corrected chi connectivity index (χ2v) is 6.25. The van der Waals surface area contributed by atoms with E-state index in [9.17, 15) is 4.79 Å². The zero-order chi connectivity index (χ0) is 15.4. The number of carbonyl (C=O) groups excluding carboxylic acids is 1. The summed E-state index contributed by atoms with van der Waals surface area (Å²) in [4.78, 5) is 14.7. The number of nitrogens with two attached hydrogens (primary N) is 1. The van der Waals surface area contributed by atoms with E-state index < -0.39 is 0 Å². The summed E-state index contributed by atoms with van der Waals surface area (Å²) in [6.45, 7) is 7.09. The summed E-state index contributed by atoms with van der Waals surface area (Å²) < 4.78 is 0. The predicted octanol–water partition coefficient (Wildman–Crippen LogP) is 3.29. The Kier molecular flexibility index (Phi) is 5.40. The summed E-state index contributed by atoms with van der Waals surface area (Å²) in [5.41, 5.74) is 9.59. The van der Waals surface area contributed by atoms with Gasteiger partial charge >= 0.3 is 0 Å². The largest absolute Gasteiger partial charge is 0.328 e. The molecule has 0 radical (unpaired) electrons. The first-order chi connectivity index (χ1) is 10.1. The highest BCUT2D eigenvalue weighted by molar-refractivity contribution is 5.96. The molecule has 0 saturated heterocycles. The Morgan fingerprint density at radius 2 is 2.05 bits per heavy atom. The zero-order valence-electron chi connectivity index (χ0n) is 13.6. The third-order valence-electron chi connectivity index (χ3n) is 4.42. The Labute approximate surface area is 128 Å². The molecule has 0 spiro atoms. The van der Waals surface area contributed by atoms with Crippen molar-refractivity contribution in [2.75, 3.05) is 11.4 Å². The van der Waals surface area contributed by atoms with E-state index in [-0.39, 0.29) is 12.0 Å². The van der Waals surface area contributed by atoms with Crippen molar-refractivity contribution in [1.82, 2.24) is 0 Å². The van der Waals surface area contributed by atoms with Crippen LogP contribution in [-0.4, -0.2) is 18.5 Å². The number of amides is 1. The first-order valence-corrected chi connectivity index (χ1v) is 8.25. The summed E-state index contributed by atoms with van der Waals surface area (Å²) in [6, 6.07) is 6.66. The molecule has 1 amide bonds. The van der Waals surface area contributed by atoms with Crippen molar-refractivity contribution in [3.8, 4) is 0 Å². The van der Waals surface area contributed by atoms with Gasteiger partial charge in [-0.15, -0.1) is 0 Å². The van der Waals surface area contributed by atoms with E-state index in [0.29, 0.717) is 5.91 Å². The molecule has 21 heavy (non-hydrogen) atoms. The minimum Gasteiger partial charge on any atom is -0.328 e. The molecule has 1 heterocycles. The average molecular weight is 288 g/mol. The van der Waals surface area contributed by atoms with E-state index in [1.54, 1.807) is 0 Å². The maximum absolute atomic E-state index is 12.7. The highest BCUT2D eigenvalue weighted by atomic mass is 16.2. The number of anilines is 1. The molecule has 3 heteroatoms. The van der Waals surface area contributed by atoms with E-state index in [2.05, 4.69) is 32.0 Å². The molecule has 1 aliphatic heterocycles. The molecule has 0 aromatic heterocycles. The van der Waals surface area contributed by atoms with Gasteiger partial charge in [-0.05, 0) is 56.2 Å². The van der Waals surface area contributed by atoms with E-state index >= 15 is 0 Å². The van der Waals surface area contributed by atoms with Gasteiger partial charge in [0, 0.05) is 24.2 Å². The van der Waals surface area contributed by atoms with Crippen LogP contribution in [-0.2, 0) is 17.6 Å². The summed E-state index contributed by atoms with van der Waals surface area (Å²) in [6.07, 6.45) is 4.86. The molecule has 2 N–H and O–H groups in total. The number of nitrogens with zero attached hydrogens (tertiary/aromatic N) is 1. The number of rotatable bonds is 5. The molecule has 116 valence electrons. The summed E-state index contributed by atoms with van der Waals surface area (Å²) in [5.74, 6) is 0.445. The molecule has 1 aromatic carbocycles. The van der Waals surface area contributed by atoms with Crippen LogP contribution in [0.25, 0.3) is 0 Å². The first kappa shape index (κ1) is 16.0. The lowest BCUT2D eigenvalue weighted by molar-refractivity contribution is -0.122. The molecule has 1 unspecified atom stereocenters. The minimum atomic E-state index is 0.152. The van der Waals surface area contributed by atoms with E-state index in [1.807, 2.05) is 11.8 Å². The molecule has 1 aromatic rings. The van der Waals surface area contributed by atoms with Gasteiger partial charge in [-0.3, -0.25) is 4.79 Å². The van der Waals surface area contributed by atoms with Crippen LogP contribution in [0.4, 0.5) is 5.69 Å². The fraction of sp³-hybridized carbons (Fsp3) is 0.611. The Hall–Kier alpha value is -1.35. The Morgan fingerprint density at radius 3 is 2.67 bits per heavy atom. The predicted molar refractivity (Wildman–Crippen MR) is 88.5 cm³/mol. The number of aryl methyl sites for hydroxylation is 1. The van der Waals surface area contributed by atoms with Crippen molar-refractivity contribution in [3.05, 3.63) is 29.3 Å². The summed E-state index contributed by atoms with van der Waals surface area (Å²) >= 11 is 0. The van der Waals surface area contributed by atoms with Crippen molar-refractivity contribution in [1.29, 1.82) is 0 Å². The van der Waals surface area contributed by atoms with Crippen LogP contribution in [0, 0.1) is 5.92 Å². The second kappa shape index (κ2) is 7.08. The molecular formula is C18H28N2O. The van der Waals surface area contributed by atoms with Gasteiger partial charge in [0.25, 0.3) is 0 Å². The SMILES string of the molecule is CCC(CC)C(=O)N1CCCc2cc(CC(C)N)ccc21. The van der Waals surface area contributed by atoms with E-state index in [0.717, 1.165) is 44.3 Å². The van der Waals surface area contributed by atoms with Crippen LogP contribution in [0.3, 0.4) is 0 Å². The maximum atomic E-state index is 12.7. The lowest BCUT2D eigenvalue weighted by atomic mass is 9.94. The van der Waals surface area contributed by atoms with E-state index in [1.165, 1.54) is 11.1 Å². The number of hydrogen-bond acceptors (Lipinski definition) is 2. The van der Waals surface area contributed by atoms with Crippen molar-refractivity contribution in [2.45, 2.75) is 58.9 Å². The smallest absolute Gasteiger partial charge is 0.230 e. The molecule has 0 fully saturated rings. The van der Waals surface area contributed by atoms with Gasteiger partial charge in [0.15, 0.2) is 0 Å². The highest BCUT2D eigenvalue weighted by Gasteiger charge is 2.26. The molecule has 2 rings (SSSR count). The highest BCUT2D eigenvalue weighted by Crippen LogP contribution is 2.30. The quantitative estimate of drug-likeness (QED) is 0.903. The minimum absolute atomic E-state index is 0.152. The lowest BCUT2D eigenvalue weighted by Crippen LogP contribution is -2.39. The third-order valence-corrected chi connectivity index (χ3v) is 4.42. The zero-order valence-corrected chi connectivity index (χ0v) is 13.6. The standard InChI is InChI=1S/C18H28N2O/c1-4-15(5-2)18(21)20-10-6-7-16-12-14(11-13(3)19)8-9-17(16)20/h8-9,12-13,15H,4-7,10-11,19H2,1-3H3. The van der Waals surface area contributed by atoms with Crippen molar-refractivity contribution >= 4 is 11.6 Å². The van der Waals surface area contributed by atoms with Crippen molar-refractivity contribution in [2.24, 2.45) is 11.7 Å². The molecular weight excluding hydrogens is 260 g/mol. The fourth-order valence-electron chi connectivity index (χ4n) is 3.24. The first-order valence-electron chi connectivity index (χ1n) is 8.25. The Bertz CT molecular complexity index is 492. The molecule has 3 nitrogen and oxygen atoms in total. The van der Waals surface area contributed by atoms with Crippen LogP contribution < -0.4 is 10.6 Å². The van der Waals surface area contributed by atoms with Gasteiger partial charge in [-0.1, -0.05) is 26.0 Å². The van der Waals surface area contributed by atoms with E-state index in [4.69, 9.17) is 5.73 Å². The average Bonchev–Trinajstić information content (AvgIpc) is 2.46. The Morgan fingerprint density at radius 1 is 1.33 bits per heavy atom. The normalized spacial score (nSPS) is 16.0. The van der Waals surface area contributed by atoms with Gasteiger partial charge in [0.05, 0.1) is 0 Å². The summed E-state index contributed by atoms with van der Waals surface area (Å²) in [5, 5.41) is 0. The molecule has 0 bridgehead atoms. The van der Waals surface area contributed by atoms with Crippen LogP contribution in [0.15, 0.2) is 18.2 Å². The molecule has 1 atom stereocenters. The van der Waals surface area contributed by atoms with Crippen molar-refractivity contribution < 1.29 is 4.79 Å². The van der Waals surface area contributed by atoms with Gasteiger partial charge in [0.1, 0.15) is 0 Å². The fourth-order valence-corrected chi connectivity index (χ4v) is 3.24. The lowest BCUT2D eigenvalue weighted by Gasteiger charge is -2.32. The van der Waals surface area contributed by atoms with Gasteiger partial charge in [0.2, 0.25) is 5.91 Å². The number of benzene rings is 1. The number of hydrogen-bond donors (Lipinski definition) is 1. The number of carbonyl (C=O) groups is 1. The van der Waals surface area contributed by atoms with Crippen LogP contribution >= 0.6 is 0 Å². The molecule has 1 aliphatic rings. The van der Waals surface area contributed by atoms with Crippen molar-refractivity contribution in [3.63, 3.8) is 0 Å². The third kappa shape index (κ3) is 3.65. The monoisotopic (exact) mass is 288 g/mol. The number of fused-ring (bicyclic) bond motifs is 1. The van der Waals surface area contributed by atoms with Gasteiger partial charge in [-0.2, -0.15) is 0 Å². The maximum Gasteiger partial charge on any atom is 0.230 e. The topological polar surface area (TPSA) is 46.3 Å². The Balaban J connectivity index is 2.25.